The van der Waals surface area contributed by atoms with Gasteiger partial charge < -0.3 is 10.1 Å². The number of hydrogen-bond donors (Lipinski definition) is 2. The fourth-order valence-corrected chi connectivity index (χ4v) is 4.63. The Labute approximate surface area is 147 Å². The zero-order valence-electron chi connectivity index (χ0n) is 13.2. The quantitative estimate of drug-likeness (QED) is 0.843. The Morgan fingerprint density at radius 3 is 2.83 bits per heavy atom. The molecule has 1 atom stereocenters. The van der Waals surface area contributed by atoms with Gasteiger partial charge >= 0.3 is 0 Å². The second-order valence-electron chi connectivity index (χ2n) is 6.06. The Morgan fingerprint density at radius 1 is 1.17 bits per heavy atom. The fourth-order valence-electron chi connectivity index (χ4n) is 3.04. The van der Waals surface area contributed by atoms with Crippen molar-refractivity contribution in [2.24, 2.45) is 0 Å². The molecule has 128 valence electrons. The number of amides is 1. The zero-order valence-corrected chi connectivity index (χ0v) is 14.8. The van der Waals surface area contributed by atoms with Crippen LogP contribution in [0, 0.1) is 0 Å². The molecule has 2 aromatic heterocycles. The van der Waals surface area contributed by atoms with E-state index in [-0.39, 0.29) is 12.0 Å². The third-order valence-electron chi connectivity index (χ3n) is 4.29. The Bertz CT molecular complexity index is 704. The van der Waals surface area contributed by atoms with Gasteiger partial charge in [0.2, 0.25) is 5.13 Å². The third-order valence-corrected chi connectivity index (χ3v) is 5.99. The molecule has 2 fully saturated rings. The normalized spacial score (nSPS) is 21.2. The number of hydrogen-bond acceptors (Lipinski definition) is 8. The summed E-state index contributed by atoms with van der Waals surface area (Å²) in [5.41, 5.74) is 0.411. The number of thiazole rings is 1. The standard InChI is InChI=1S/C15H19N5O2S2/c21-12(10-8-23-14(17-10)16-9-4-1-2-5-9)18-15-20-19-13(24-15)11-6-3-7-22-11/h8-9,11H,1-7H2,(H,16,17)(H,18,20,21). The first-order valence-electron chi connectivity index (χ1n) is 8.26. The van der Waals surface area contributed by atoms with Crippen molar-refractivity contribution in [3.05, 3.63) is 16.1 Å². The average molecular weight is 365 g/mol. The molecule has 4 rings (SSSR count). The molecule has 3 heterocycles. The minimum absolute atomic E-state index is 0.0228. The predicted molar refractivity (Wildman–Crippen MR) is 93.8 cm³/mol. The summed E-state index contributed by atoms with van der Waals surface area (Å²) in [5, 5.41) is 18.2. The van der Waals surface area contributed by atoms with Crippen molar-refractivity contribution < 1.29 is 9.53 Å². The second-order valence-corrected chi connectivity index (χ2v) is 7.93. The van der Waals surface area contributed by atoms with E-state index < -0.39 is 0 Å². The van der Waals surface area contributed by atoms with Crippen molar-refractivity contribution in [2.75, 3.05) is 17.2 Å². The summed E-state index contributed by atoms with van der Waals surface area (Å²) >= 11 is 2.83. The van der Waals surface area contributed by atoms with E-state index in [4.69, 9.17) is 4.74 Å². The summed E-state index contributed by atoms with van der Waals surface area (Å²) in [7, 11) is 0. The Morgan fingerprint density at radius 2 is 2.04 bits per heavy atom. The molecule has 0 spiro atoms. The van der Waals surface area contributed by atoms with Gasteiger partial charge in [0.15, 0.2) is 5.13 Å². The van der Waals surface area contributed by atoms with E-state index in [1.807, 2.05) is 0 Å². The summed E-state index contributed by atoms with van der Waals surface area (Å²) in [6, 6.07) is 0.490. The molecule has 1 aliphatic heterocycles. The molecule has 7 nitrogen and oxygen atoms in total. The first-order chi connectivity index (χ1) is 11.8. The number of ether oxygens (including phenoxy) is 1. The minimum Gasteiger partial charge on any atom is -0.371 e. The lowest BCUT2D eigenvalue weighted by Crippen LogP contribution is -2.15. The van der Waals surface area contributed by atoms with E-state index in [2.05, 4.69) is 25.8 Å². The molecule has 2 N–H and O–H groups in total. The molecule has 0 aromatic carbocycles. The highest BCUT2D eigenvalue weighted by atomic mass is 32.1. The number of nitrogens with one attached hydrogen (secondary N) is 2. The molecular formula is C15H19N5O2S2. The molecule has 24 heavy (non-hydrogen) atoms. The summed E-state index contributed by atoms with van der Waals surface area (Å²) < 4.78 is 5.58. The number of rotatable bonds is 5. The van der Waals surface area contributed by atoms with Crippen LogP contribution in [0.15, 0.2) is 5.38 Å². The highest BCUT2D eigenvalue weighted by molar-refractivity contribution is 7.15. The molecule has 2 aliphatic rings. The van der Waals surface area contributed by atoms with Crippen LogP contribution in [0.3, 0.4) is 0 Å². The van der Waals surface area contributed by atoms with Gasteiger partial charge in [0, 0.05) is 18.0 Å². The molecule has 1 amide bonds. The molecular weight excluding hydrogens is 346 g/mol. The predicted octanol–water partition coefficient (Wildman–Crippen LogP) is 3.45. The highest BCUT2D eigenvalue weighted by Crippen LogP contribution is 2.32. The lowest BCUT2D eigenvalue weighted by Gasteiger charge is -2.09. The van der Waals surface area contributed by atoms with E-state index in [1.165, 1.54) is 48.4 Å². The van der Waals surface area contributed by atoms with E-state index in [0.29, 0.717) is 16.9 Å². The van der Waals surface area contributed by atoms with E-state index in [1.54, 1.807) is 5.38 Å². The molecule has 9 heteroatoms. The van der Waals surface area contributed by atoms with Gasteiger partial charge in [-0.15, -0.1) is 21.5 Å². The third kappa shape index (κ3) is 3.57. The van der Waals surface area contributed by atoms with Crippen LogP contribution in [0.4, 0.5) is 10.3 Å². The lowest BCUT2D eigenvalue weighted by molar-refractivity contribution is 0.102. The average Bonchev–Trinajstić information content (AvgIpc) is 3.36. The molecule has 2 aromatic rings. The van der Waals surface area contributed by atoms with E-state index in [9.17, 15) is 4.79 Å². The van der Waals surface area contributed by atoms with Gasteiger partial charge in [-0.1, -0.05) is 24.2 Å². The first-order valence-corrected chi connectivity index (χ1v) is 9.96. The Hall–Kier alpha value is -1.58. The molecule has 0 radical (unpaired) electrons. The van der Waals surface area contributed by atoms with Crippen LogP contribution in [-0.4, -0.2) is 33.7 Å². The zero-order chi connectivity index (χ0) is 16.4. The van der Waals surface area contributed by atoms with Crippen molar-refractivity contribution >= 4 is 38.8 Å². The van der Waals surface area contributed by atoms with Crippen molar-refractivity contribution in [1.82, 2.24) is 15.2 Å². The van der Waals surface area contributed by atoms with Crippen LogP contribution in [0.1, 0.15) is 60.1 Å². The van der Waals surface area contributed by atoms with Crippen LogP contribution in [-0.2, 0) is 4.74 Å². The first kappa shape index (κ1) is 15.9. The van der Waals surface area contributed by atoms with Crippen LogP contribution >= 0.6 is 22.7 Å². The maximum absolute atomic E-state index is 12.3. The molecule has 1 aliphatic carbocycles. The van der Waals surface area contributed by atoms with Gasteiger partial charge in [0.05, 0.1) is 0 Å². The molecule has 0 bridgehead atoms. The van der Waals surface area contributed by atoms with Crippen LogP contribution < -0.4 is 10.6 Å². The number of anilines is 2. The Kier molecular flexibility index (Phi) is 4.72. The largest absolute Gasteiger partial charge is 0.371 e. The van der Waals surface area contributed by atoms with Gasteiger partial charge in [-0.05, 0) is 25.7 Å². The summed E-state index contributed by atoms with van der Waals surface area (Å²) in [6.07, 6.45) is 6.91. The monoisotopic (exact) mass is 365 g/mol. The topological polar surface area (TPSA) is 89.0 Å². The smallest absolute Gasteiger partial charge is 0.277 e. The van der Waals surface area contributed by atoms with Gasteiger partial charge in [-0.3, -0.25) is 10.1 Å². The van der Waals surface area contributed by atoms with Gasteiger partial charge in [-0.2, -0.15) is 0 Å². The van der Waals surface area contributed by atoms with Crippen molar-refractivity contribution in [3.8, 4) is 0 Å². The van der Waals surface area contributed by atoms with Crippen molar-refractivity contribution in [1.29, 1.82) is 0 Å². The van der Waals surface area contributed by atoms with Crippen LogP contribution in [0.2, 0.25) is 0 Å². The van der Waals surface area contributed by atoms with E-state index in [0.717, 1.165) is 29.6 Å². The van der Waals surface area contributed by atoms with Gasteiger partial charge in [0.1, 0.15) is 16.8 Å². The Balaban J connectivity index is 1.36. The molecule has 1 unspecified atom stereocenters. The van der Waals surface area contributed by atoms with Gasteiger partial charge in [0.25, 0.3) is 5.91 Å². The summed E-state index contributed by atoms with van der Waals surface area (Å²) in [4.78, 5) is 16.7. The van der Waals surface area contributed by atoms with Gasteiger partial charge in [-0.25, -0.2) is 4.98 Å². The van der Waals surface area contributed by atoms with Crippen LogP contribution in [0.25, 0.3) is 0 Å². The number of carbonyl (C=O) groups excluding carboxylic acids is 1. The highest BCUT2D eigenvalue weighted by Gasteiger charge is 2.23. The van der Waals surface area contributed by atoms with E-state index >= 15 is 0 Å². The van der Waals surface area contributed by atoms with Crippen molar-refractivity contribution in [3.63, 3.8) is 0 Å². The number of nitrogens with zero attached hydrogens (tertiary/aromatic N) is 3. The minimum atomic E-state index is -0.249. The van der Waals surface area contributed by atoms with Crippen LogP contribution in [0.5, 0.6) is 0 Å². The summed E-state index contributed by atoms with van der Waals surface area (Å²) in [6.45, 7) is 0.765. The fraction of sp³-hybridized carbons (Fsp3) is 0.600. The second kappa shape index (κ2) is 7.12. The molecule has 1 saturated heterocycles. The molecule has 1 saturated carbocycles. The maximum atomic E-state index is 12.3. The maximum Gasteiger partial charge on any atom is 0.277 e. The summed E-state index contributed by atoms with van der Waals surface area (Å²) in [5.74, 6) is -0.249. The SMILES string of the molecule is O=C(Nc1nnc(C2CCCO2)s1)c1csc(NC2CCCC2)n1. The van der Waals surface area contributed by atoms with Crippen molar-refractivity contribution in [2.45, 2.75) is 50.7 Å². The number of aromatic nitrogens is 3. The lowest BCUT2D eigenvalue weighted by atomic mass is 10.2. The number of carbonyl (C=O) groups is 1.